The van der Waals surface area contributed by atoms with Gasteiger partial charge in [-0.2, -0.15) is 0 Å². The number of phenols is 1. The molecular weight excluding hydrogens is 398 g/mol. The van der Waals surface area contributed by atoms with E-state index >= 15 is 0 Å². The smallest absolute Gasteiger partial charge is 0.257 e. The van der Waals surface area contributed by atoms with Crippen molar-refractivity contribution in [2.75, 3.05) is 0 Å². The van der Waals surface area contributed by atoms with Crippen molar-refractivity contribution in [1.82, 2.24) is 9.97 Å². The van der Waals surface area contributed by atoms with Gasteiger partial charge in [-0.15, -0.1) is 0 Å². The summed E-state index contributed by atoms with van der Waals surface area (Å²) in [5, 5.41) is 10.5. The second kappa shape index (κ2) is 8.13. The van der Waals surface area contributed by atoms with Gasteiger partial charge in [-0.1, -0.05) is 66.7 Å². The molecule has 5 heteroatoms. The summed E-state index contributed by atoms with van der Waals surface area (Å²) in [6.07, 6.45) is 1.65. The third kappa shape index (κ3) is 3.55. The molecule has 0 aliphatic rings. The van der Waals surface area contributed by atoms with Crippen molar-refractivity contribution in [2.24, 2.45) is 5.73 Å². The lowest BCUT2D eigenvalue weighted by molar-refractivity contribution is 0.475. The SMILES string of the molecule is NCc1ccc(-c2nc3c(-c4cccc(O)c4)c[nH]c(=O)c3cc2-c2ccccc2)cc1. The molecule has 4 N–H and O–H groups in total. The average Bonchev–Trinajstić information content (AvgIpc) is 2.84. The molecule has 0 saturated carbocycles. The Morgan fingerprint density at radius 1 is 0.812 bits per heavy atom. The topological polar surface area (TPSA) is 92.0 Å². The second-order valence-corrected chi connectivity index (χ2v) is 7.63. The number of rotatable bonds is 4. The first-order valence-electron chi connectivity index (χ1n) is 10.3. The maximum absolute atomic E-state index is 12.8. The fourth-order valence-corrected chi connectivity index (χ4v) is 3.93. The van der Waals surface area contributed by atoms with Gasteiger partial charge in [0.1, 0.15) is 5.75 Å². The molecule has 0 atom stereocenters. The number of phenolic OH excluding ortho intramolecular Hbond substituents is 1. The molecule has 0 spiro atoms. The molecular formula is C27H21N3O2. The predicted molar refractivity (Wildman–Crippen MR) is 128 cm³/mol. The van der Waals surface area contributed by atoms with Crippen LogP contribution in [-0.2, 0) is 6.54 Å². The van der Waals surface area contributed by atoms with Crippen molar-refractivity contribution in [3.05, 3.63) is 107 Å². The van der Waals surface area contributed by atoms with Gasteiger partial charge in [-0.25, -0.2) is 4.98 Å². The predicted octanol–water partition coefficient (Wildman–Crippen LogP) is 5.09. The molecule has 0 radical (unpaired) electrons. The van der Waals surface area contributed by atoms with Gasteiger partial charge >= 0.3 is 0 Å². The summed E-state index contributed by atoms with van der Waals surface area (Å²) >= 11 is 0. The number of aromatic amines is 1. The number of nitrogens with zero attached hydrogens (tertiary/aromatic N) is 1. The van der Waals surface area contributed by atoms with Gasteiger partial charge < -0.3 is 15.8 Å². The molecule has 0 bridgehead atoms. The molecule has 3 aromatic carbocycles. The number of pyridine rings is 2. The summed E-state index contributed by atoms with van der Waals surface area (Å²) in [4.78, 5) is 20.6. The number of benzene rings is 3. The van der Waals surface area contributed by atoms with E-state index in [1.54, 1.807) is 24.4 Å². The molecule has 5 aromatic rings. The summed E-state index contributed by atoms with van der Waals surface area (Å²) < 4.78 is 0. The first-order valence-corrected chi connectivity index (χ1v) is 10.3. The molecule has 2 aromatic heterocycles. The Kier molecular flexibility index (Phi) is 5.01. The van der Waals surface area contributed by atoms with Crippen LogP contribution < -0.4 is 11.3 Å². The van der Waals surface area contributed by atoms with Crippen molar-refractivity contribution in [2.45, 2.75) is 6.54 Å². The Morgan fingerprint density at radius 3 is 2.28 bits per heavy atom. The van der Waals surface area contributed by atoms with Crippen LogP contribution in [0.5, 0.6) is 5.75 Å². The Balaban J connectivity index is 1.84. The summed E-state index contributed by atoms with van der Waals surface area (Å²) in [7, 11) is 0. The van der Waals surface area contributed by atoms with Gasteiger partial charge in [0.05, 0.1) is 16.6 Å². The van der Waals surface area contributed by atoms with E-state index in [9.17, 15) is 9.90 Å². The van der Waals surface area contributed by atoms with E-state index in [-0.39, 0.29) is 11.3 Å². The number of aromatic hydroxyl groups is 1. The van der Waals surface area contributed by atoms with E-state index in [1.165, 1.54) is 0 Å². The highest BCUT2D eigenvalue weighted by atomic mass is 16.3. The number of aromatic nitrogens is 2. The monoisotopic (exact) mass is 419 g/mol. The van der Waals surface area contributed by atoms with Gasteiger partial charge in [0, 0.05) is 29.4 Å². The molecule has 0 fully saturated rings. The van der Waals surface area contributed by atoms with Crippen LogP contribution in [0.2, 0.25) is 0 Å². The second-order valence-electron chi connectivity index (χ2n) is 7.63. The third-order valence-corrected chi connectivity index (χ3v) is 5.57. The van der Waals surface area contributed by atoms with Gasteiger partial charge in [0.2, 0.25) is 0 Å². The zero-order valence-corrected chi connectivity index (χ0v) is 17.2. The van der Waals surface area contributed by atoms with Crippen molar-refractivity contribution in [1.29, 1.82) is 0 Å². The molecule has 0 amide bonds. The first kappa shape index (κ1) is 19.7. The van der Waals surface area contributed by atoms with Crippen molar-refractivity contribution in [3.63, 3.8) is 0 Å². The number of H-pyrrole nitrogens is 1. The maximum atomic E-state index is 12.8. The average molecular weight is 419 g/mol. The van der Waals surface area contributed by atoms with Crippen molar-refractivity contribution >= 4 is 10.9 Å². The minimum atomic E-state index is -0.210. The molecule has 156 valence electrons. The molecule has 0 unspecified atom stereocenters. The van der Waals surface area contributed by atoms with Crippen LogP contribution in [0.15, 0.2) is 95.9 Å². The van der Waals surface area contributed by atoms with E-state index in [1.807, 2.05) is 66.7 Å². The van der Waals surface area contributed by atoms with Crippen LogP contribution in [0.1, 0.15) is 5.56 Å². The van der Waals surface area contributed by atoms with Crippen LogP contribution in [0.4, 0.5) is 0 Å². The fourth-order valence-electron chi connectivity index (χ4n) is 3.93. The molecule has 32 heavy (non-hydrogen) atoms. The summed E-state index contributed by atoms with van der Waals surface area (Å²) in [6.45, 7) is 0.466. The number of hydrogen-bond donors (Lipinski definition) is 3. The van der Waals surface area contributed by atoms with E-state index in [0.29, 0.717) is 17.4 Å². The zero-order valence-electron chi connectivity index (χ0n) is 17.2. The maximum Gasteiger partial charge on any atom is 0.257 e. The molecule has 5 nitrogen and oxygen atoms in total. The van der Waals surface area contributed by atoms with E-state index in [2.05, 4.69) is 4.98 Å². The Morgan fingerprint density at radius 2 is 1.56 bits per heavy atom. The van der Waals surface area contributed by atoms with Gasteiger partial charge in [0.15, 0.2) is 0 Å². The normalized spacial score (nSPS) is 11.0. The van der Waals surface area contributed by atoms with Crippen LogP contribution in [-0.4, -0.2) is 15.1 Å². The summed E-state index contributed by atoms with van der Waals surface area (Å²) in [5.41, 5.74) is 12.3. The van der Waals surface area contributed by atoms with E-state index in [0.717, 1.165) is 39.1 Å². The van der Waals surface area contributed by atoms with Crippen molar-refractivity contribution < 1.29 is 5.11 Å². The summed E-state index contributed by atoms with van der Waals surface area (Å²) in [5.74, 6) is 0.153. The molecule has 0 aliphatic heterocycles. The number of nitrogens with two attached hydrogens (primary N) is 1. The lowest BCUT2D eigenvalue weighted by atomic mass is 9.95. The quantitative estimate of drug-likeness (QED) is 0.378. The third-order valence-electron chi connectivity index (χ3n) is 5.57. The van der Waals surface area contributed by atoms with Gasteiger partial charge in [-0.05, 0) is 34.9 Å². The zero-order chi connectivity index (χ0) is 22.1. The van der Waals surface area contributed by atoms with Crippen molar-refractivity contribution in [3.8, 4) is 39.3 Å². The Hall–Kier alpha value is -4.22. The lowest BCUT2D eigenvalue weighted by Crippen LogP contribution is -2.08. The number of hydrogen-bond acceptors (Lipinski definition) is 4. The first-order chi connectivity index (χ1) is 15.6. The highest BCUT2D eigenvalue weighted by Gasteiger charge is 2.16. The van der Waals surface area contributed by atoms with Crippen LogP contribution >= 0.6 is 0 Å². The van der Waals surface area contributed by atoms with Crippen LogP contribution in [0.3, 0.4) is 0 Å². The molecule has 2 heterocycles. The standard InChI is InChI=1S/C27H21N3O2/c28-15-17-9-11-19(12-10-17)25-22(18-5-2-1-3-6-18)14-23-26(30-25)24(16-29-27(23)32)20-7-4-8-21(31)13-20/h1-14,16,31H,15,28H2,(H,29,32). The number of fused-ring (bicyclic) bond motifs is 1. The number of nitrogens with one attached hydrogen (secondary N) is 1. The Labute approximate surface area is 184 Å². The van der Waals surface area contributed by atoms with E-state index < -0.39 is 0 Å². The van der Waals surface area contributed by atoms with Gasteiger partial charge in [0.25, 0.3) is 5.56 Å². The lowest BCUT2D eigenvalue weighted by Gasteiger charge is -2.14. The fraction of sp³-hybridized carbons (Fsp3) is 0.0370. The van der Waals surface area contributed by atoms with Crippen LogP contribution in [0, 0.1) is 0 Å². The molecule has 0 aliphatic carbocycles. The van der Waals surface area contributed by atoms with Crippen LogP contribution in [0.25, 0.3) is 44.4 Å². The minimum Gasteiger partial charge on any atom is -0.508 e. The van der Waals surface area contributed by atoms with E-state index in [4.69, 9.17) is 10.7 Å². The minimum absolute atomic E-state index is 0.153. The highest BCUT2D eigenvalue weighted by Crippen LogP contribution is 2.35. The molecule has 5 rings (SSSR count). The van der Waals surface area contributed by atoms with Gasteiger partial charge in [-0.3, -0.25) is 4.79 Å². The molecule has 0 saturated heterocycles. The Bertz CT molecular complexity index is 1470. The largest absolute Gasteiger partial charge is 0.508 e. The summed E-state index contributed by atoms with van der Waals surface area (Å²) in [6, 6.07) is 26.7. The highest BCUT2D eigenvalue weighted by molar-refractivity contribution is 5.98.